The molecule has 3 nitrogen and oxygen atoms in total. The van der Waals surface area contributed by atoms with Crippen molar-refractivity contribution in [3.8, 4) is 0 Å². The fraction of sp³-hybridized carbons (Fsp3) is 0.625. The molecule has 3 rings (SSSR count). The largest absolute Gasteiger partial charge is 0.373 e. The Hall–Kier alpha value is -0.490. The van der Waals surface area contributed by atoms with Crippen molar-refractivity contribution in [2.45, 2.75) is 38.0 Å². The summed E-state index contributed by atoms with van der Waals surface area (Å²) in [6.07, 6.45) is 2.48. The van der Waals surface area contributed by atoms with E-state index in [0.717, 1.165) is 26.2 Å². The normalized spacial score (nSPS) is 27.6. The minimum atomic E-state index is -0.185. The zero-order valence-corrected chi connectivity index (χ0v) is 13.9. The Kier molecular flexibility index (Phi) is 4.94. The van der Waals surface area contributed by atoms with Gasteiger partial charge in [0.25, 0.3) is 0 Å². The van der Waals surface area contributed by atoms with Gasteiger partial charge in [-0.15, -0.1) is 0 Å². The van der Waals surface area contributed by atoms with E-state index in [0.29, 0.717) is 16.1 Å². The third-order valence-corrected chi connectivity index (χ3v) is 5.14. The number of halogens is 2. The maximum absolute atomic E-state index is 14.4. The number of ether oxygens (including phenoxy) is 1. The van der Waals surface area contributed by atoms with E-state index in [1.807, 2.05) is 19.1 Å². The Balaban J connectivity index is 1.82. The summed E-state index contributed by atoms with van der Waals surface area (Å²) in [5, 5.41) is 3.40. The molecular formula is C16H22BrFN2O. The summed E-state index contributed by atoms with van der Waals surface area (Å²) < 4.78 is 21.0. The molecule has 0 saturated carbocycles. The van der Waals surface area contributed by atoms with E-state index in [2.05, 4.69) is 26.1 Å². The van der Waals surface area contributed by atoms with Crippen molar-refractivity contribution >= 4 is 15.9 Å². The highest BCUT2D eigenvalue weighted by molar-refractivity contribution is 9.10. The molecule has 1 aromatic carbocycles. The third-order valence-electron chi connectivity index (χ3n) is 4.53. The van der Waals surface area contributed by atoms with Gasteiger partial charge in [0.15, 0.2) is 0 Å². The number of benzene rings is 1. The molecule has 0 aliphatic carbocycles. The van der Waals surface area contributed by atoms with Gasteiger partial charge in [-0.2, -0.15) is 0 Å². The first kappa shape index (κ1) is 15.4. The molecule has 0 radical (unpaired) electrons. The van der Waals surface area contributed by atoms with Gasteiger partial charge in [-0.1, -0.05) is 19.1 Å². The van der Waals surface area contributed by atoms with Crippen molar-refractivity contribution in [3.63, 3.8) is 0 Å². The zero-order valence-electron chi connectivity index (χ0n) is 12.3. The van der Waals surface area contributed by atoms with Crippen molar-refractivity contribution in [2.75, 3.05) is 26.2 Å². The van der Waals surface area contributed by atoms with Crippen LogP contribution in [0.5, 0.6) is 0 Å². The Morgan fingerprint density at radius 3 is 3.19 bits per heavy atom. The van der Waals surface area contributed by atoms with Crippen LogP contribution in [-0.4, -0.2) is 43.3 Å². The van der Waals surface area contributed by atoms with Gasteiger partial charge in [-0.05, 0) is 47.9 Å². The molecule has 2 aliphatic heterocycles. The molecular weight excluding hydrogens is 335 g/mol. The smallest absolute Gasteiger partial charge is 0.142 e. The number of hydrogen-bond acceptors (Lipinski definition) is 3. The molecule has 1 N–H and O–H groups in total. The zero-order chi connectivity index (χ0) is 14.8. The summed E-state index contributed by atoms with van der Waals surface area (Å²) in [7, 11) is 0. The summed E-state index contributed by atoms with van der Waals surface area (Å²) >= 11 is 3.28. The Morgan fingerprint density at radius 1 is 1.52 bits per heavy atom. The van der Waals surface area contributed by atoms with Crippen LogP contribution in [0, 0.1) is 5.82 Å². The first-order valence-corrected chi connectivity index (χ1v) is 8.53. The minimum Gasteiger partial charge on any atom is -0.373 e. The summed E-state index contributed by atoms with van der Waals surface area (Å²) in [4.78, 5) is 2.49. The van der Waals surface area contributed by atoms with Crippen molar-refractivity contribution < 1.29 is 9.13 Å². The fourth-order valence-electron chi connectivity index (χ4n) is 3.47. The molecule has 2 heterocycles. The van der Waals surface area contributed by atoms with E-state index in [1.165, 1.54) is 12.8 Å². The van der Waals surface area contributed by atoms with Gasteiger partial charge in [0.1, 0.15) is 5.82 Å². The van der Waals surface area contributed by atoms with Crippen LogP contribution < -0.4 is 5.32 Å². The molecule has 3 unspecified atom stereocenters. The average molecular weight is 357 g/mol. The monoisotopic (exact) mass is 356 g/mol. The van der Waals surface area contributed by atoms with E-state index >= 15 is 0 Å². The van der Waals surface area contributed by atoms with Crippen molar-refractivity contribution in [1.29, 1.82) is 0 Å². The SMILES string of the molecule is CCNC(c1cccc(Br)c1F)C1CN2CCCC2CO1. The van der Waals surface area contributed by atoms with E-state index < -0.39 is 0 Å². The van der Waals surface area contributed by atoms with Crippen LogP contribution in [0.2, 0.25) is 0 Å². The number of fused-ring (bicyclic) bond motifs is 1. The predicted octanol–water partition coefficient (Wildman–Crippen LogP) is 3.10. The lowest BCUT2D eigenvalue weighted by molar-refractivity contribution is -0.0655. The predicted molar refractivity (Wildman–Crippen MR) is 84.9 cm³/mol. The molecule has 5 heteroatoms. The topological polar surface area (TPSA) is 24.5 Å². The number of nitrogens with one attached hydrogen (secondary N) is 1. The first-order valence-electron chi connectivity index (χ1n) is 7.73. The van der Waals surface area contributed by atoms with E-state index in [9.17, 15) is 4.39 Å². The van der Waals surface area contributed by atoms with Gasteiger partial charge in [-0.3, -0.25) is 4.90 Å². The van der Waals surface area contributed by atoms with Crippen molar-refractivity contribution in [3.05, 3.63) is 34.1 Å². The fourth-order valence-corrected chi connectivity index (χ4v) is 3.85. The maximum atomic E-state index is 14.4. The molecule has 1 aromatic rings. The number of nitrogens with zero attached hydrogens (tertiary/aromatic N) is 1. The Morgan fingerprint density at radius 2 is 2.38 bits per heavy atom. The molecule has 0 aromatic heterocycles. The van der Waals surface area contributed by atoms with E-state index in [-0.39, 0.29) is 18.0 Å². The van der Waals surface area contributed by atoms with Crippen LogP contribution in [0.1, 0.15) is 31.4 Å². The lowest BCUT2D eigenvalue weighted by Crippen LogP contribution is -2.50. The third kappa shape index (κ3) is 3.16. The number of morpholine rings is 1. The molecule has 0 amide bonds. The summed E-state index contributed by atoms with van der Waals surface area (Å²) in [5.41, 5.74) is 0.689. The van der Waals surface area contributed by atoms with Gasteiger partial charge in [-0.25, -0.2) is 4.39 Å². The highest BCUT2D eigenvalue weighted by atomic mass is 79.9. The van der Waals surface area contributed by atoms with Gasteiger partial charge in [0.05, 0.1) is 23.2 Å². The number of likely N-dealkylation sites (N-methyl/N-ethyl adjacent to an activating group) is 1. The quantitative estimate of drug-likeness (QED) is 0.896. The minimum absolute atomic E-state index is 0.00287. The Labute approximate surface area is 134 Å². The molecule has 2 fully saturated rings. The van der Waals surface area contributed by atoms with Crippen LogP contribution in [0.25, 0.3) is 0 Å². The van der Waals surface area contributed by atoms with Gasteiger partial charge in [0, 0.05) is 18.2 Å². The highest BCUT2D eigenvalue weighted by Crippen LogP contribution is 2.31. The average Bonchev–Trinajstić information content (AvgIpc) is 2.95. The second-order valence-electron chi connectivity index (χ2n) is 5.84. The second kappa shape index (κ2) is 6.73. The standard InChI is InChI=1S/C16H22BrFN2O/c1-2-19-16(12-6-3-7-13(17)15(12)18)14-9-20-8-4-5-11(20)10-21-14/h3,6-7,11,14,16,19H,2,4-5,8-10H2,1H3. The highest BCUT2D eigenvalue weighted by Gasteiger charge is 2.36. The Bertz CT molecular complexity index is 499. The van der Waals surface area contributed by atoms with Gasteiger partial charge in [0.2, 0.25) is 0 Å². The maximum Gasteiger partial charge on any atom is 0.142 e. The van der Waals surface area contributed by atoms with E-state index in [1.54, 1.807) is 6.07 Å². The van der Waals surface area contributed by atoms with Crippen LogP contribution in [0.4, 0.5) is 4.39 Å². The molecule has 116 valence electrons. The number of hydrogen-bond donors (Lipinski definition) is 1. The van der Waals surface area contributed by atoms with Gasteiger partial charge < -0.3 is 10.1 Å². The van der Waals surface area contributed by atoms with Crippen LogP contribution in [-0.2, 0) is 4.74 Å². The lowest BCUT2D eigenvalue weighted by Gasteiger charge is -2.39. The molecule has 2 aliphatic rings. The van der Waals surface area contributed by atoms with E-state index in [4.69, 9.17) is 4.74 Å². The lowest BCUT2D eigenvalue weighted by atomic mass is 9.98. The molecule has 0 spiro atoms. The summed E-state index contributed by atoms with van der Waals surface area (Å²) in [6, 6.07) is 5.94. The van der Waals surface area contributed by atoms with Crippen molar-refractivity contribution in [2.24, 2.45) is 0 Å². The van der Waals surface area contributed by atoms with Crippen LogP contribution in [0.3, 0.4) is 0 Å². The van der Waals surface area contributed by atoms with Gasteiger partial charge >= 0.3 is 0 Å². The van der Waals surface area contributed by atoms with Crippen molar-refractivity contribution in [1.82, 2.24) is 10.2 Å². The number of rotatable bonds is 4. The molecule has 3 atom stereocenters. The molecule has 2 saturated heterocycles. The first-order chi connectivity index (χ1) is 10.2. The summed E-state index contributed by atoms with van der Waals surface area (Å²) in [5.74, 6) is -0.185. The molecule has 21 heavy (non-hydrogen) atoms. The summed E-state index contributed by atoms with van der Waals surface area (Å²) in [6.45, 7) is 5.63. The van der Waals surface area contributed by atoms with Crippen LogP contribution >= 0.6 is 15.9 Å². The molecule has 0 bridgehead atoms. The van der Waals surface area contributed by atoms with Crippen LogP contribution in [0.15, 0.2) is 22.7 Å². The second-order valence-corrected chi connectivity index (χ2v) is 6.70.